The Labute approximate surface area is 76.1 Å². The molecule has 0 saturated heterocycles. The first-order chi connectivity index (χ1) is 5.72. The van der Waals surface area contributed by atoms with Gasteiger partial charge in [-0.05, 0) is 24.3 Å². The first kappa shape index (κ1) is 8.93. The van der Waals surface area contributed by atoms with E-state index in [0.717, 1.165) is 5.75 Å². The number of hydrogen-bond donors (Lipinski definition) is 2. The van der Waals surface area contributed by atoms with Crippen molar-refractivity contribution in [3.8, 4) is 5.75 Å². The number of thiol groups is 1. The third-order valence-electron chi connectivity index (χ3n) is 1.34. The fourth-order valence-corrected chi connectivity index (χ4v) is 0.927. The zero-order valence-electron chi connectivity index (χ0n) is 6.57. The van der Waals surface area contributed by atoms with Crippen LogP contribution >= 0.6 is 12.6 Å². The molecule has 0 heterocycles. The van der Waals surface area contributed by atoms with Gasteiger partial charge < -0.3 is 10.1 Å². The number of carbonyl (C=O) groups is 1. The van der Waals surface area contributed by atoms with Crippen molar-refractivity contribution in [1.29, 1.82) is 0 Å². The second-order valence-electron chi connectivity index (χ2n) is 2.16. The number of carbonyl (C=O) groups excluding carboxylic acids is 1. The maximum atomic E-state index is 10.5. The van der Waals surface area contributed by atoms with E-state index >= 15 is 0 Å². The van der Waals surface area contributed by atoms with Crippen LogP contribution in [0.15, 0.2) is 24.3 Å². The summed E-state index contributed by atoms with van der Waals surface area (Å²) in [7, 11) is 1.59. The first-order valence-electron chi connectivity index (χ1n) is 3.36. The van der Waals surface area contributed by atoms with Gasteiger partial charge in [0.25, 0.3) is 5.24 Å². The van der Waals surface area contributed by atoms with E-state index in [1.54, 1.807) is 31.4 Å². The third-order valence-corrected chi connectivity index (χ3v) is 1.45. The summed E-state index contributed by atoms with van der Waals surface area (Å²) in [5.41, 5.74) is 0.704. The van der Waals surface area contributed by atoms with Crippen LogP contribution < -0.4 is 10.1 Å². The molecular formula is C8H9NO2S. The highest BCUT2D eigenvalue weighted by Gasteiger charge is 1.95. The largest absolute Gasteiger partial charge is 0.497 e. The fraction of sp³-hybridized carbons (Fsp3) is 0.125. The maximum absolute atomic E-state index is 10.5. The quantitative estimate of drug-likeness (QED) is 0.689. The van der Waals surface area contributed by atoms with Crippen LogP contribution in [0.3, 0.4) is 0 Å². The molecule has 0 aliphatic rings. The summed E-state index contributed by atoms with van der Waals surface area (Å²) < 4.78 is 4.94. The normalized spacial score (nSPS) is 9.17. The van der Waals surface area contributed by atoms with Crippen LogP contribution in [0.1, 0.15) is 0 Å². The molecule has 1 rings (SSSR count). The van der Waals surface area contributed by atoms with Gasteiger partial charge in [-0.15, -0.1) is 0 Å². The number of rotatable bonds is 2. The highest BCUT2D eigenvalue weighted by Crippen LogP contribution is 2.14. The van der Waals surface area contributed by atoms with Crippen molar-refractivity contribution in [3.05, 3.63) is 24.3 Å². The van der Waals surface area contributed by atoms with E-state index in [2.05, 4.69) is 17.9 Å². The molecule has 1 amide bonds. The molecular weight excluding hydrogens is 174 g/mol. The summed E-state index contributed by atoms with van der Waals surface area (Å²) in [6, 6.07) is 7.01. The molecule has 1 aromatic rings. The molecule has 0 fully saturated rings. The van der Waals surface area contributed by atoms with Crippen molar-refractivity contribution in [3.63, 3.8) is 0 Å². The molecule has 0 unspecified atom stereocenters. The van der Waals surface area contributed by atoms with Crippen molar-refractivity contribution >= 4 is 23.6 Å². The van der Waals surface area contributed by atoms with Crippen molar-refractivity contribution < 1.29 is 9.53 Å². The number of amides is 1. The SMILES string of the molecule is COc1ccc(NC(=O)S)cc1. The molecule has 1 N–H and O–H groups in total. The summed E-state index contributed by atoms with van der Waals surface area (Å²) >= 11 is 3.58. The molecule has 64 valence electrons. The average Bonchev–Trinajstić information content (AvgIpc) is 2.05. The Morgan fingerprint density at radius 2 is 2.00 bits per heavy atom. The topological polar surface area (TPSA) is 38.3 Å². The van der Waals surface area contributed by atoms with Gasteiger partial charge in [-0.2, -0.15) is 0 Å². The fourth-order valence-electron chi connectivity index (χ4n) is 0.798. The monoisotopic (exact) mass is 183 g/mol. The van der Waals surface area contributed by atoms with E-state index in [1.165, 1.54) is 0 Å². The highest BCUT2D eigenvalue weighted by atomic mass is 32.1. The van der Waals surface area contributed by atoms with Crippen LogP contribution in [-0.2, 0) is 0 Å². The summed E-state index contributed by atoms with van der Waals surface area (Å²) in [5, 5.41) is 2.15. The van der Waals surface area contributed by atoms with Gasteiger partial charge in [-0.25, -0.2) is 0 Å². The lowest BCUT2D eigenvalue weighted by atomic mass is 10.3. The Bertz CT molecular complexity index is 271. The molecule has 0 aromatic heterocycles. The van der Waals surface area contributed by atoms with Gasteiger partial charge in [-0.1, -0.05) is 12.6 Å². The lowest BCUT2D eigenvalue weighted by molar-refractivity contribution is 0.270. The minimum Gasteiger partial charge on any atom is -0.497 e. The van der Waals surface area contributed by atoms with Gasteiger partial charge in [0.1, 0.15) is 5.75 Å². The number of nitrogens with one attached hydrogen (secondary N) is 1. The Balaban J connectivity index is 2.71. The van der Waals surface area contributed by atoms with E-state index < -0.39 is 0 Å². The van der Waals surface area contributed by atoms with Gasteiger partial charge in [-0.3, -0.25) is 4.79 Å². The third kappa shape index (κ3) is 2.47. The van der Waals surface area contributed by atoms with Crippen LogP contribution in [0, 0.1) is 0 Å². The van der Waals surface area contributed by atoms with Crippen LogP contribution in [0.25, 0.3) is 0 Å². The second kappa shape index (κ2) is 4.01. The van der Waals surface area contributed by atoms with Crippen LogP contribution in [0.4, 0.5) is 10.5 Å². The summed E-state index contributed by atoms with van der Waals surface area (Å²) in [6.45, 7) is 0. The second-order valence-corrected chi connectivity index (χ2v) is 2.56. The van der Waals surface area contributed by atoms with Crippen LogP contribution in [0.5, 0.6) is 5.75 Å². The molecule has 4 heteroatoms. The summed E-state index contributed by atoms with van der Waals surface area (Å²) in [5.74, 6) is 0.757. The minimum atomic E-state index is -0.375. The van der Waals surface area contributed by atoms with Gasteiger partial charge in [0.15, 0.2) is 0 Å². The van der Waals surface area contributed by atoms with Crippen molar-refractivity contribution in [2.24, 2.45) is 0 Å². The molecule has 0 bridgehead atoms. The number of hydrogen-bond acceptors (Lipinski definition) is 2. The highest BCUT2D eigenvalue weighted by molar-refractivity contribution is 7.96. The number of benzene rings is 1. The molecule has 3 nitrogen and oxygen atoms in total. The molecule has 12 heavy (non-hydrogen) atoms. The summed E-state index contributed by atoms with van der Waals surface area (Å²) in [4.78, 5) is 10.5. The maximum Gasteiger partial charge on any atom is 0.280 e. The van der Waals surface area contributed by atoms with E-state index in [4.69, 9.17) is 4.74 Å². The van der Waals surface area contributed by atoms with E-state index in [0.29, 0.717) is 5.69 Å². The van der Waals surface area contributed by atoms with Gasteiger partial charge in [0.2, 0.25) is 0 Å². The minimum absolute atomic E-state index is 0.375. The van der Waals surface area contributed by atoms with Crippen LogP contribution in [-0.4, -0.2) is 12.3 Å². The number of methoxy groups -OCH3 is 1. The van der Waals surface area contributed by atoms with Crippen molar-refractivity contribution in [2.75, 3.05) is 12.4 Å². The molecule has 0 radical (unpaired) electrons. The molecule has 0 atom stereocenters. The standard InChI is InChI=1S/C8H9NO2S/c1-11-7-4-2-6(3-5-7)9-8(10)12/h2-5H,1H3,(H2,9,10,12). The van der Waals surface area contributed by atoms with Gasteiger partial charge in [0, 0.05) is 5.69 Å². The molecule has 0 saturated carbocycles. The zero-order chi connectivity index (χ0) is 8.97. The lowest BCUT2D eigenvalue weighted by Gasteiger charge is -2.02. The van der Waals surface area contributed by atoms with E-state index in [1.807, 2.05) is 0 Å². The lowest BCUT2D eigenvalue weighted by Crippen LogP contribution is -2.00. The zero-order valence-corrected chi connectivity index (χ0v) is 7.47. The number of anilines is 1. The van der Waals surface area contributed by atoms with Gasteiger partial charge in [0.05, 0.1) is 7.11 Å². The Morgan fingerprint density at radius 1 is 1.42 bits per heavy atom. The van der Waals surface area contributed by atoms with E-state index in [9.17, 15) is 4.79 Å². The number of ether oxygens (including phenoxy) is 1. The molecule has 0 aliphatic carbocycles. The molecule has 0 spiro atoms. The predicted octanol–water partition coefficient (Wildman–Crippen LogP) is 2.16. The average molecular weight is 183 g/mol. The predicted molar refractivity (Wildman–Crippen MR) is 51.0 cm³/mol. The molecule has 0 aliphatic heterocycles. The van der Waals surface area contributed by atoms with Crippen molar-refractivity contribution in [2.45, 2.75) is 0 Å². The first-order valence-corrected chi connectivity index (χ1v) is 3.81. The summed E-state index contributed by atoms with van der Waals surface area (Å²) in [6.07, 6.45) is 0. The Kier molecular flexibility index (Phi) is 2.99. The van der Waals surface area contributed by atoms with Crippen LogP contribution in [0.2, 0.25) is 0 Å². The smallest absolute Gasteiger partial charge is 0.280 e. The van der Waals surface area contributed by atoms with E-state index in [-0.39, 0.29) is 5.24 Å². The van der Waals surface area contributed by atoms with Gasteiger partial charge >= 0.3 is 0 Å². The Hall–Kier alpha value is -1.16. The Morgan fingerprint density at radius 3 is 2.42 bits per heavy atom. The van der Waals surface area contributed by atoms with Crippen molar-refractivity contribution in [1.82, 2.24) is 0 Å². The molecule has 1 aromatic carbocycles.